The molecule has 54 heavy (non-hydrogen) atoms. The van der Waals surface area contributed by atoms with Crippen LogP contribution in [-0.2, 0) is 25.6 Å². The van der Waals surface area contributed by atoms with Gasteiger partial charge < -0.3 is 52.8 Å². The zero-order valence-corrected chi connectivity index (χ0v) is 30.0. The average molecular weight is 744 g/mol. The second-order valence-electron chi connectivity index (χ2n) is 12.3. The number of benzene rings is 2. The lowest BCUT2D eigenvalue weighted by molar-refractivity contribution is -0.141. The van der Waals surface area contributed by atoms with Gasteiger partial charge in [0.25, 0.3) is 5.91 Å². The highest BCUT2D eigenvalue weighted by Crippen LogP contribution is 2.40. The summed E-state index contributed by atoms with van der Waals surface area (Å²) in [5, 5.41) is 19.6. The molecule has 2 aromatic carbocycles. The summed E-state index contributed by atoms with van der Waals surface area (Å²) in [6, 6.07) is 7.06. The zero-order valence-electron chi connectivity index (χ0n) is 30.0. The number of nitrogens with one attached hydrogen (secondary N) is 4. The molecule has 18 heteroatoms. The van der Waals surface area contributed by atoms with Crippen LogP contribution in [0.5, 0.6) is 11.5 Å². The molecule has 4 rings (SSSR count). The van der Waals surface area contributed by atoms with Gasteiger partial charge in [0.15, 0.2) is 0 Å². The van der Waals surface area contributed by atoms with Gasteiger partial charge in [-0.25, -0.2) is 9.97 Å². The van der Waals surface area contributed by atoms with Crippen molar-refractivity contribution in [3.05, 3.63) is 71.8 Å². The number of carbonyl (C=O) groups is 5. The van der Waals surface area contributed by atoms with Crippen LogP contribution in [0.25, 0.3) is 11.1 Å². The fourth-order valence-electron chi connectivity index (χ4n) is 5.79. The van der Waals surface area contributed by atoms with Crippen molar-refractivity contribution in [2.24, 2.45) is 17.2 Å². The molecule has 18 nitrogen and oxygen atoms in total. The number of carbonyl (C=O) groups excluding carboxylic acids is 5. The highest BCUT2D eigenvalue weighted by Gasteiger charge is 2.36. The van der Waals surface area contributed by atoms with E-state index in [1.807, 2.05) is 6.07 Å². The molecule has 0 spiro atoms. The van der Waals surface area contributed by atoms with Gasteiger partial charge in [-0.05, 0) is 55.3 Å². The molecular formula is C36H45N11O7. The highest BCUT2D eigenvalue weighted by molar-refractivity contribution is 5.99. The minimum atomic E-state index is -1.37. The van der Waals surface area contributed by atoms with Crippen molar-refractivity contribution in [2.75, 3.05) is 46.4 Å². The molecule has 5 amide bonds. The number of likely N-dealkylation sites (N-methyl/N-ethyl adjacent to an activating group) is 1. The molecule has 286 valence electrons. The van der Waals surface area contributed by atoms with E-state index in [0.717, 1.165) is 4.90 Å². The van der Waals surface area contributed by atoms with E-state index >= 15 is 0 Å². The standard InChI is InChI=1S/C36H45N11O7/c1-21-32(48)46-28(34(50)43-12-9-38)16-22-3-5-29(53-13-10-39)25(15-22)26-17-23(4-6-30(26)54-14-11-40)31(35(51)44-21)47(2)36(52)27(7-8-37)45-33(49)24-18-41-20-42-19-24/h3-6,15,17-21,27-28,31H,7-8,10-14,16,37,39-40H2,1-2H3,(H,43,50)(H,44,51)(H,45,49)(H,46,48). The van der Waals surface area contributed by atoms with Crippen LogP contribution in [0.3, 0.4) is 0 Å². The molecule has 10 N–H and O–H groups in total. The van der Waals surface area contributed by atoms with E-state index in [0.29, 0.717) is 33.8 Å². The van der Waals surface area contributed by atoms with Crippen molar-refractivity contribution < 1.29 is 33.4 Å². The van der Waals surface area contributed by atoms with Gasteiger partial charge in [0.2, 0.25) is 23.6 Å². The van der Waals surface area contributed by atoms with Gasteiger partial charge in [-0.15, -0.1) is 0 Å². The molecule has 0 radical (unpaired) electrons. The Hall–Kier alpha value is -6.16. The highest BCUT2D eigenvalue weighted by atomic mass is 16.5. The molecule has 0 aliphatic carbocycles. The minimum Gasteiger partial charge on any atom is -0.492 e. The van der Waals surface area contributed by atoms with Crippen LogP contribution < -0.4 is 47.9 Å². The van der Waals surface area contributed by atoms with Gasteiger partial charge in [0.05, 0.1) is 11.6 Å². The Kier molecular flexibility index (Phi) is 14.7. The Balaban J connectivity index is 1.89. The molecule has 4 bridgehead atoms. The quantitative estimate of drug-likeness (QED) is 0.0942. The average Bonchev–Trinajstić information content (AvgIpc) is 3.17. The number of hydrogen-bond donors (Lipinski definition) is 7. The zero-order chi connectivity index (χ0) is 39.2. The number of fused-ring (bicyclic) bond motifs is 5. The van der Waals surface area contributed by atoms with Crippen LogP contribution in [0.15, 0.2) is 55.1 Å². The fourth-order valence-corrected chi connectivity index (χ4v) is 5.79. The largest absolute Gasteiger partial charge is 0.492 e. The van der Waals surface area contributed by atoms with E-state index in [1.54, 1.807) is 36.4 Å². The van der Waals surface area contributed by atoms with E-state index in [-0.39, 0.29) is 57.8 Å². The smallest absolute Gasteiger partial charge is 0.255 e. The van der Waals surface area contributed by atoms with Crippen molar-refractivity contribution in [3.63, 3.8) is 0 Å². The number of nitriles is 1. The molecule has 1 aromatic heterocycles. The number of hydrogen-bond acceptors (Lipinski definition) is 13. The second-order valence-corrected chi connectivity index (χ2v) is 12.3. The van der Waals surface area contributed by atoms with E-state index in [4.69, 9.17) is 31.9 Å². The Labute approximate surface area is 312 Å². The van der Waals surface area contributed by atoms with Gasteiger partial charge in [0.1, 0.15) is 61.8 Å². The van der Waals surface area contributed by atoms with Gasteiger partial charge in [-0.2, -0.15) is 5.26 Å². The minimum absolute atomic E-state index is 0.00966. The number of aromatic nitrogens is 2. The summed E-state index contributed by atoms with van der Waals surface area (Å²) in [5.74, 6) is -2.57. The van der Waals surface area contributed by atoms with E-state index in [2.05, 4.69) is 31.2 Å². The van der Waals surface area contributed by atoms with Gasteiger partial charge >= 0.3 is 0 Å². The van der Waals surface area contributed by atoms with Crippen molar-refractivity contribution in [3.8, 4) is 28.7 Å². The Morgan fingerprint density at radius 2 is 1.61 bits per heavy atom. The molecule has 1 aliphatic heterocycles. The molecule has 4 unspecified atom stereocenters. The third-order valence-corrected chi connectivity index (χ3v) is 8.44. The molecule has 3 aromatic rings. The fraction of sp³-hybridized carbons (Fsp3) is 0.389. The van der Waals surface area contributed by atoms with E-state index < -0.39 is 53.7 Å². The number of amides is 5. The maximum atomic E-state index is 14.3. The summed E-state index contributed by atoms with van der Waals surface area (Å²) in [7, 11) is 1.40. The summed E-state index contributed by atoms with van der Waals surface area (Å²) in [5.41, 5.74) is 19.4. The normalized spacial score (nSPS) is 17.4. The first kappa shape index (κ1) is 40.6. The number of nitrogens with zero attached hydrogens (tertiary/aromatic N) is 4. The van der Waals surface area contributed by atoms with Crippen LogP contribution in [0.1, 0.15) is 40.9 Å². The third kappa shape index (κ3) is 10.2. The summed E-state index contributed by atoms with van der Waals surface area (Å²) < 4.78 is 12.1. The van der Waals surface area contributed by atoms with Crippen LogP contribution in [-0.4, -0.2) is 109 Å². The van der Waals surface area contributed by atoms with Gasteiger partial charge in [0, 0.05) is 50.1 Å². The molecule has 0 fully saturated rings. The molecule has 4 atom stereocenters. The molecule has 2 heterocycles. The molecule has 0 saturated heterocycles. The number of ether oxygens (including phenoxy) is 2. The van der Waals surface area contributed by atoms with Gasteiger partial charge in [-0.3, -0.25) is 24.0 Å². The summed E-state index contributed by atoms with van der Waals surface area (Å²) >= 11 is 0. The predicted molar refractivity (Wildman–Crippen MR) is 195 cm³/mol. The molecule has 0 saturated carbocycles. The van der Waals surface area contributed by atoms with Crippen molar-refractivity contribution in [1.82, 2.24) is 36.1 Å². The number of nitrogens with two attached hydrogens (primary N) is 3. The van der Waals surface area contributed by atoms with E-state index in [1.165, 1.54) is 32.7 Å². The van der Waals surface area contributed by atoms with Crippen LogP contribution in [0, 0.1) is 11.3 Å². The summed E-state index contributed by atoms with van der Waals surface area (Å²) in [6.45, 7) is 1.85. The van der Waals surface area contributed by atoms with Crippen LogP contribution >= 0.6 is 0 Å². The lowest BCUT2D eigenvalue weighted by atomic mass is 9.93. The lowest BCUT2D eigenvalue weighted by Crippen LogP contribution is -2.56. The first-order valence-electron chi connectivity index (χ1n) is 17.2. The summed E-state index contributed by atoms with van der Waals surface area (Å²) in [6.07, 6.45) is 3.88. The van der Waals surface area contributed by atoms with Crippen molar-refractivity contribution in [1.29, 1.82) is 5.26 Å². The Morgan fingerprint density at radius 3 is 2.24 bits per heavy atom. The predicted octanol–water partition coefficient (Wildman–Crippen LogP) is -1.35. The Bertz CT molecular complexity index is 1850. The monoisotopic (exact) mass is 743 g/mol. The second kappa shape index (κ2) is 19.6. The van der Waals surface area contributed by atoms with Crippen LogP contribution in [0.4, 0.5) is 0 Å². The first-order chi connectivity index (χ1) is 26.0. The van der Waals surface area contributed by atoms with Crippen LogP contribution in [0.2, 0.25) is 0 Å². The lowest BCUT2D eigenvalue weighted by Gasteiger charge is -2.32. The molecular weight excluding hydrogens is 698 g/mol. The Morgan fingerprint density at radius 1 is 0.963 bits per heavy atom. The topological polar surface area (TPSA) is 283 Å². The van der Waals surface area contributed by atoms with Crippen molar-refractivity contribution in [2.45, 2.75) is 43.9 Å². The SMILES string of the molecule is CC1NC(=O)C(N(C)C(=O)C(CCN)NC(=O)c2cncnc2)c2ccc(OCCN)c(c2)-c2cc(ccc2OCCN)CC(C(=O)NCC#N)NC1=O. The maximum absolute atomic E-state index is 14.3. The molecule has 1 aliphatic rings. The summed E-state index contributed by atoms with van der Waals surface area (Å²) in [4.78, 5) is 77.2. The number of rotatable bonds is 14. The maximum Gasteiger partial charge on any atom is 0.255 e. The van der Waals surface area contributed by atoms with Crippen molar-refractivity contribution >= 4 is 29.5 Å². The van der Waals surface area contributed by atoms with Gasteiger partial charge in [-0.1, -0.05) is 12.1 Å². The third-order valence-electron chi connectivity index (χ3n) is 8.44. The van der Waals surface area contributed by atoms with E-state index in [9.17, 15) is 24.0 Å². The first-order valence-corrected chi connectivity index (χ1v) is 17.2.